The summed E-state index contributed by atoms with van der Waals surface area (Å²) in [5.41, 5.74) is 3.66. The van der Waals surface area contributed by atoms with E-state index in [4.69, 9.17) is 0 Å². The van der Waals surface area contributed by atoms with Crippen LogP contribution in [0, 0.1) is 5.92 Å². The first-order valence-electron chi connectivity index (χ1n) is 7.98. The number of carbonyl (C=O) groups is 1. The van der Waals surface area contributed by atoms with Gasteiger partial charge in [0.1, 0.15) is 5.78 Å². The van der Waals surface area contributed by atoms with Crippen molar-refractivity contribution < 1.29 is 4.79 Å². The molecule has 3 heteroatoms. The van der Waals surface area contributed by atoms with Gasteiger partial charge in [0.05, 0.1) is 24.3 Å². The minimum Gasteiger partial charge on any atom is -0.323 e. The number of carbonyl (C=O) groups excluding carboxylic acids is 1. The highest BCUT2D eigenvalue weighted by atomic mass is 16.1. The largest absolute Gasteiger partial charge is 0.323 e. The normalized spacial score (nSPS) is 21.0. The van der Waals surface area contributed by atoms with Crippen LogP contribution in [0.1, 0.15) is 50.1 Å². The third-order valence-electron chi connectivity index (χ3n) is 5.05. The standard InChI is InChI=1S/C18H20N2O/c21-18(13-6-2-1-3-7-13)10-16-14-8-4-5-9-15(14)17-11-19-12-20(16)17/h4-5,8-9,11-13,16H,1-3,6-7,10H2/t16-/m1/s1. The van der Waals surface area contributed by atoms with Gasteiger partial charge in [0.15, 0.2) is 0 Å². The van der Waals surface area contributed by atoms with E-state index in [0.717, 1.165) is 18.5 Å². The van der Waals surface area contributed by atoms with E-state index in [-0.39, 0.29) is 6.04 Å². The Hall–Kier alpha value is -1.90. The van der Waals surface area contributed by atoms with Crippen LogP contribution in [0.25, 0.3) is 11.3 Å². The van der Waals surface area contributed by atoms with Crippen LogP contribution in [0.15, 0.2) is 36.8 Å². The number of ketones is 1. The van der Waals surface area contributed by atoms with Gasteiger partial charge in [-0.3, -0.25) is 4.79 Å². The second-order valence-electron chi connectivity index (χ2n) is 6.29. The summed E-state index contributed by atoms with van der Waals surface area (Å²) in [5, 5.41) is 0. The molecule has 1 aromatic carbocycles. The summed E-state index contributed by atoms with van der Waals surface area (Å²) in [6.07, 6.45) is 10.3. The lowest BCUT2D eigenvalue weighted by atomic mass is 9.83. The van der Waals surface area contributed by atoms with Crippen LogP contribution < -0.4 is 0 Å². The smallest absolute Gasteiger partial charge is 0.138 e. The lowest BCUT2D eigenvalue weighted by Gasteiger charge is -2.22. The SMILES string of the molecule is O=C(C[C@@H]1c2ccccc2-c2cncn21)C1CCCCC1. The number of hydrogen-bond acceptors (Lipinski definition) is 2. The molecule has 2 heterocycles. The molecule has 1 saturated carbocycles. The highest BCUT2D eigenvalue weighted by molar-refractivity contribution is 5.83. The quantitative estimate of drug-likeness (QED) is 0.852. The molecule has 1 atom stereocenters. The van der Waals surface area contributed by atoms with Crippen molar-refractivity contribution >= 4 is 5.78 Å². The first-order valence-corrected chi connectivity index (χ1v) is 7.98. The van der Waals surface area contributed by atoms with E-state index >= 15 is 0 Å². The predicted molar refractivity (Wildman–Crippen MR) is 82.0 cm³/mol. The van der Waals surface area contributed by atoms with Gasteiger partial charge in [-0.25, -0.2) is 4.98 Å². The summed E-state index contributed by atoms with van der Waals surface area (Å²) in [6.45, 7) is 0. The molecule has 108 valence electrons. The van der Waals surface area contributed by atoms with Crippen molar-refractivity contribution in [2.75, 3.05) is 0 Å². The first kappa shape index (κ1) is 12.8. The van der Waals surface area contributed by atoms with Gasteiger partial charge in [-0.15, -0.1) is 0 Å². The van der Waals surface area contributed by atoms with Gasteiger partial charge in [0.2, 0.25) is 0 Å². The third kappa shape index (κ3) is 2.11. The molecule has 2 aromatic rings. The fourth-order valence-electron chi connectivity index (χ4n) is 3.92. The average Bonchev–Trinajstić information content (AvgIpc) is 3.11. The number of nitrogens with zero attached hydrogens (tertiary/aromatic N) is 2. The molecule has 0 radical (unpaired) electrons. The van der Waals surface area contributed by atoms with Crippen molar-refractivity contribution in [1.82, 2.24) is 9.55 Å². The number of Topliss-reactive ketones (excluding diaryl/α,β-unsaturated/α-hetero) is 1. The van der Waals surface area contributed by atoms with Crippen molar-refractivity contribution in [3.63, 3.8) is 0 Å². The summed E-state index contributed by atoms with van der Waals surface area (Å²) in [4.78, 5) is 16.9. The molecule has 1 aliphatic carbocycles. The molecule has 21 heavy (non-hydrogen) atoms. The molecule has 1 aliphatic heterocycles. The Morgan fingerprint density at radius 3 is 2.86 bits per heavy atom. The fraction of sp³-hybridized carbons (Fsp3) is 0.444. The minimum absolute atomic E-state index is 0.146. The zero-order chi connectivity index (χ0) is 14.2. The topological polar surface area (TPSA) is 34.9 Å². The molecule has 1 aromatic heterocycles. The van der Waals surface area contributed by atoms with Gasteiger partial charge in [-0.05, 0) is 18.4 Å². The zero-order valence-corrected chi connectivity index (χ0v) is 12.2. The van der Waals surface area contributed by atoms with Crippen LogP contribution in [0.4, 0.5) is 0 Å². The van der Waals surface area contributed by atoms with E-state index in [2.05, 4.69) is 33.8 Å². The first-order chi connectivity index (χ1) is 10.3. The summed E-state index contributed by atoms with van der Waals surface area (Å²) in [6, 6.07) is 8.56. The van der Waals surface area contributed by atoms with Gasteiger partial charge in [0.25, 0.3) is 0 Å². The van der Waals surface area contributed by atoms with Crippen molar-refractivity contribution in [3.05, 3.63) is 42.4 Å². The lowest BCUT2D eigenvalue weighted by Crippen LogP contribution is -2.21. The number of hydrogen-bond donors (Lipinski definition) is 0. The summed E-state index contributed by atoms with van der Waals surface area (Å²) < 4.78 is 2.17. The molecule has 0 amide bonds. The predicted octanol–water partition coefficient (Wildman–Crippen LogP) is 3.99. The third-order valence-corrected chi connectivity index (χ3v) is 5.05. The summed E-state index contributed by atoms with van der Waals surface area (Å²) >= 11 is 0. The van der Waals surface area contributed by atoms with E-state index in [9.17, 15) is 4.79 Å². The van der Waals surface area contributed by atoms with Crippen LogP contribution in [0.5, 0.6) is 0 Å². The van der Waals surface area contributed by atoms with E-state index in [1.165, 1.54) is 30.4 Å². The van der Waals surface area contributed by atoms with Gasteiger partial charge in [0, 0.05) is 17.9 Å². The summed E-state index contributed by atoms with van der Waals surface area (Å²) in [5.74, 6) is 0.731. The Bertz CT molecular complexity index is 667. The monoisotopic (exact) mass is 280 g/mol. The van der Waals surface area contributed by atoms with E-state index in [1.807, 2.05) is 12.5 Å². The van der Waals surface area contributed by atoms with Crippen LogP contribution >= 0.6 is 0 Å². The Morgan fingerprint density at radius 2 is 2.00 bits per heavy atom. The Morgan fingerprint density at radius 1 is 1.19 bits per heavy atom. The maximum absolute atomic E-state index is 12.7. The Labute approximate surface area is 125 Å². The van der Waals surface area contributed by atoms with Crippen LogP contribution in [0.3, 0.4) is 0 Å². The zero-order valence-electron chi connectivity index (χ0n) is 12.2. The molecule has 4 rings (SSSR count). The van der Waals surface area contributed by atoms with Gasteiger partial charge in [-0.1, -0.05) is 43.5 Å². The lowest BCUT2D eigenvalue weighted by molar-refractivity contribution is -0.124. The number of benzene rings is 1. The fourth-order valence-corrected chi connectivity index (χ4v) is 3.92. The molecule has 0 N–H and O–H groups in total. The number of rotatable bonds is 3. The number of fused-ring (bicyclic) bond motifs is 3. The Balaban J connectivity index is 1.62. The van der Waals surface area contributed by atoms with Gasteiger partial charge in [-0.2, -0.15) is 0 Å². The van der Waals surface area contributed by atoms with Gasteiger partial charge >= 0.3 is 0 Å². The molecule has 0 spiro atoms. The maximum Gasteiger partial charge on any atom is 0.138 e. The molecule has 2 aliphatic rings. The van der Waals surface area contributed by atoms with Gasteiger partial charge < -0.3 is 4.57 Å². The molecule has 1 fully saturated rings. The van der Waals surface area contributed by atoms with Crippen molar-refractivity contribution in [2.24, 2.45) is 5.92 Å². The van der Waals surface area contributed by atoms with E-state index < -0.39 is 0 Å². The highest BCUT2D eigenvalue weighted by Crippen LogP contribution is 2.41. The second kappa shape index (κ2) is 5.14. The summed E-state index contributed by atoms with van der Waals surface area (Å²) in [7, 11) is 0. The minimum atomic E-state index is 0.146. The maximum atomic E-state index is 12.7. The Kier molecular flexibility index (Phi) is 3.13. The molecular weight excluding hydrogens is 260 g/mol. The van der Waals surface area contributed by atoms with E-state index in [0.29, 0.717) is 18.1 Å². The van der Waals surface area contributed by atoms with Crippen LogP contribution in [-0.4, -0.2) is 15.3 Å². The van der Waals surface area contributed by atoms with Crippen molar-refractivity contribution in [1.29, 1.82) is 0 Å². The van der Waals surface area contributed by atoms with Crippen molar-refractivity contribution in [2.45, 2.75) is 44.6 Å². The van der Waals surface area contributed by atoms with Crippen molar-refractivity contribution in [3.8, 4) is 11.3 Å². The van der Waals surface area contributed by atoms with Crippen LogP contribution in [0.2, 0.25) is 0 Å². The number of aromatic nitrogens is 2. The molecule has 0 saturated heterocycles. The average molecular weight is 280 g/mol. The molecule has 0 unspecified atom stereocenters. The highest BCUT2D eigenvalue weighted by Gasteiger charge is 2.31. The van der Waals surface area contributed by atoms with E-state index in [1.54, 1.807) is 0 Å². The molecule has 0 bridgehead atoms. The second-order valence-corrected chi connectivity index (χ2v) is 6.29. The van der Waals surface area contributed by atoms with Crippen LogP contribution in [-0.2, 0) is 4.79 Å². The molecule has 3 nitrogen and oxygen atoms in total. The number of imidazole rings is 1. The molecular formula is C18H20N2O.